The predicted molar refractivity (Wildman–Crippen MR) is 61.7 cm³/mol. The molecule has 0 aromatic heterocycles. The van der Waals surface area contributed by atoms with E-state index in [2.05, 4.69) is 0 Å². The molecule has 0 spiro atoms. The molecule has 1 aliphatic heterocycles. The average molecular weight is 235 g/mol. The van der Waals surface area contributed by atoms with Gasteiger partial charge in [0.1, 0.15) is 0 Å². The summed E-state index contributed by atoms with van der Waals surface area (Å²) in [6.07, 6.45) is 0. The number of nitro benzene ring substituents is 1. The fraction of sp³-hybridized carbons (Fsp3) is 0.364. The van der Waals surface area contributed by atoms with Gasteiger partial charge in [-0.05, 0) is 13.0 Å². The molecule has 2 rings (SSSR count). The molecule has 0 radical (unpaired) electrons. The molecule has 1 fully saturated rings. The van der Waals surface area contributed by atoms with Crippen LogP contribution in [0.25, 0.3) is 0 Å². The molecule has 0 saturated carbocycles. The molecule has 1 aromatic carbocycles. The van der Waals surface area contributed by atoms with Crippen molar-refractivity contribution in [3.63, 3.8) is 0 Å². The molecule has 0 unspecified atom stereocenters. The summed E-state index contributed by atoms with van der Waals surface area (Å²) >= 11 is 0. The van der Waals surface area contributed by atoms with Crippen molar-refractivity contribution < 1.29 is 9.72 Å². The molecule has 0 aliphatic carbocycles. The third kappa shape index (κ3) is 2.12. The second kappa shape index (κ2) is 4.14. The molecule has 1 saturated heterocycles. The lowest BCUT2D eigenvalue weighted by Crippen LogP contribution is -2.57. The summed E-state index contributed by atoms with van der Waals surface area (Å²) < 4.78 is 0. The van der Waals surface area contributed by atoms with E-state index >= 15 is 0 Å². The van der Waals surface area contributed by atoms with Crippen LogP contribution in [-0.4, -0.2) is 34.9 Å². The Morgan fingerprint density at radius 3 is 2.71 bits per heavy atom. The predicted octanol–water partition coefficient (Wildman–Crippen LogP) is 0.686. The molecular weight excluding hydrogens is 222 g/mol. The van der Waals surface area contributed by atoms with Gasteiger partial charge in [-0.1, -0.05) is 6.07 Å². The lowest BCUT2D eigenvalue weighted by molar-refractivity contribution is -0.385. The summed E-state index contributed by atoms with van der Waals surface area (Å²) in [5, 5.41) is 10.8. The van der Waals surface area contributed by atoms with Gasteiger partial charge in [0.2, 0.25) is 0 Å². The van der Waals surface area contributed by atoms with E-state index in [0.29, 0.717) is 24.2 Å². The van der Waals surface area contributed by atoms with Crippen LogP contribution < -0.4 is 5.73 Å². The van der Waals surface area contributed by atoms with Gasteiger partial charge in [0.15, 0.2) is 0 Å². The van der Waals surface area contributed by atoms with E-state index < -0.39 is 4.92 Å². The van der Waals surface area contributed by atoms with Crippen molar-refractivity contribution in [3.8, 4) is 0 Å². The number of carbonyl (C=O) groups is 1. The maximum Gasteiger partial charge on any atom is 0.273 e. The van der Waals surface area contributed by atoms with E-state index in [1.807, 2.05) is 0 Å². The lowest BCUT2D eigenvalue weighted by Gasteiger charge is -2.36. The Morgan fingerprint density at radius 1 is 1.53 bits per heavy atom. The molecule has 90 valence electrons. The lowest BCUT2D eigenvalue weighted by atomic mass is 10.1. The summed E-state index contributed by atoms with van der Waals surface area (Å²) in [4.78, 5) is 23.8. The van der Waals surface area contributed by atoms with Gasteiger partial charge >= 0.3 is 0 Å². The van der Waals surface area contributed by atoms with Crippen molar-refractivity contribution in [3.05, 3.63) is 39.4 Å². The van der Waals surface area contributed by atoms with Crippen LogP contribution in [0.2, 0.25) is 0 Å². The van der Waals surface area contributed by atoms with E-state index in [0.717, 1.165) is 0 Å². The van der Waals surface area contributed by atoms with Crippen molar-refractivity contribution in [1.82, 2.24) is 4.90 Å². The first-order valence-corrected chi connectivity index (χ1v) is 5.29. The monoisotopic (exact) mass is 235 g/mol. The molecule has 0 bridgehead atoms. The third-order valence-electron chi connectivity index (χ3n) is 2.85. The Kier molecular flexibility index (Phi) is 2.81. The number of nitro groups is 1. The molecule has 0 atom stereocenters. The van der Waals surface area contributed by atoms with Gasteiger partial charge in [-0.3, -0.25) is 14.9 Å². The number of hydrogen-bond acceptors (Lipinski definition) is 4. The fourth-order valence-corrected chi connectivity index (χ4v) is 1.80. The highest BCUT2D eigenvalue weighted by Crippen LogP contribution is 2.21. The zero-order valence-electron chi connectivity index (χ0n) is 9.42. The zero-order valence-corrected chi connectivity index (χ0v) is 9.42. The highest BCUT2D eigenvalue weighted by atomic mass is 16.6. The van der Waals surface area contributed by atoms with Crippen LogP contribution in [0.3, 0.4) is 0 Å². The zero-order chi connectivity index (χ0) is 12.6. The number of carbonyl (C=O) groups excluding carboxylic acids is 1. The maximum atomic E-state index is 11.9. The van der Waals surface area contributed by atoms with Gasteiger partial charge in [0.25, 0.3) is 11.6 Å². The van der Waals surface area contributed by atoms with E-state index in [-0.39, 0.29) is 17.6 Å². The van der Waals surface area contributed by atoms with Crippen LogP contribution in [0.1, 0.15) is 15.9 Å². The van der Waals surface area contributed by atoms with E-state index in [1.165, 1.54) is 6.07 Å². The van der Waals surface area contributed by atoms with Crippen molar-refractivity contribution >= 4 is 11.6 Å². The van der Waals surface area contributed by atoms with Crippen LogP contribution in [-0.2, 0) is 0 Å². The minimum Gasteiger partial charge on any atom is -0.335 e. The second-order valence-electron chi connectivity index (χ2n) is 4.23. The van der Waals surface area contributed by atoms with Crippen LogP contribution in [0.4, 0.5) is 5.69 Å². The normalized spacial score (nSPS) is 15.5. The topological polar surface area (TPSA) is 89.5 Å². The SMILES string of the molecule is Cc1ccc(C(=O)N2CC(N)C2)cc1[N+](=O)[O-]. The Balaban J connectivity index is 2.24. The van der Waals surface area contributed by atoms with Gasteiger partial charge < -0.3 is 10.6 Å². The molecule has 1 aliphatic rings. The molecule has 2 N–H and O–H groups in total. The first kappa shape index (κ1) is 11.5. The smallest absolute Gasteiger partial charge is 0.273 e. The molecule has 6 heteroatoms. The summed E-state index contributed by atoms with van der Waals surface area (Å²) in [6, 6.07) is 4.54. The van der Waals surface area contributed by atoms with E-state index in [9.17, 15) is 14.9 Å². The van der Waals surface area contributed by atoms with Crippen LogP contribution in [0.15, 0.2) is 18.2 Å². The maximum absolute atomic E-state index is 11.9. The molecule has 1 amide bonds. The summed E-state index contributed by atoms with van der Waals surface area (Å²) in [5.41, 5.74) is 6.45. The summed E-state index contributed by atoms with van der Waals surface area (Å²) in [5.74, 6) is -0.199. The van der Waals surface area contributed by atoms with Crippen molar-refractivity contribution in [1.29, 1.82) is 0 Å². The Labute approximate surface area is 98.2 Å². The summed E-state index contributed by atoms with van der Waals surface area (Å²) in [6.45, 7) is 2.67. The average Bonchev–Trinajstić information content (AvgIpc) is 2.24. The van der Waals surface area contributed by atoms with Crippen LogP contribution in [0, 0.1) is 17.0 Å². The third-order valence-corrected chi connectivity index (χ3v) is 2.85. The number of hydrogen-bond donors (Lipinski definition) is 1. The quantitative estimate of drug-likeness (QED) is 0.603. The van der Waals surface area contributed by atoms with Crippen LogP contribution in [0.5, 0.6) is 0 Å². The minimum absolute atomic E-state index is 0.0272. The number of nitrogens with zero attached hydrogens (tertiary/aromatic N) is 2. The Morgan fingerprint density at radius 2 is 2.18 bits per heavy atom. The highest BCUT2D eigenvalue weighted by molar-refractivity contribution is 5.95. The number of aryl methyl sites for hydroxylation is 1. The first-order chi connectivity index (χ1) is 7.99. The van der Waals surface area contributed by atoms with E-state index in [4.69, 9.17) is 5.73 Å². The Bertz CT molecular complexity index is 481. The molecular formula is C11H13N3O3. The van der Waals surface area contributed by atoms with Gasteiger partial charge in [0.05, 0.1) is 4.92 Å². The number of benzene rings is 1. The van der Waals surface area contributed by atoms with E-state index in [1.54, 1.807) is 24.0 Å². The van der Waals surface area contributed by atoms with Gasteiger partial charge in [-0.15, -0.1) is 0 Å². The molecule has 1 heterocycles. The van der Waals surface area contributed by atoms with Crippen molar-refractivity contribution in [2.24, 2.45) is 5.73 Å². The van der Waals surface area contributed by atoms with Crippen molar-refractivity contribution in [2.75, 3.05) is 13.1 Å². The number of amides is 1. The first-order valence-electron chi connectivity index (χ1n) is 5.29. The minimum atomic E-state index is -0.478. The second-order valence-corrected chi connectivity index (χ2v) is 4.23. The highest BCUT2D eigenvalue weighted by Gasteiger charge is 2.29. The van der Waals surface area contributed by atoms with Crippen LogP contribution >= 0.6 is 0 Å². The van der Waals surface area contributed by atoms with Crippen molar-refractivity contribution in [2.45, 2.75) is 13.0 Å². The largest absolute Gasteiger partial charge is 0.335 e. The van der Waals surface area contributed by atoms with Gasteiger partial charge in [-0.2, -0.15) is 0 Å². The molecule has 1 aromatic rings. The summed E-state index contributed by atoms with van der Waals surface area (Å²) in [7, 11) is 0. The number of likely N-dealkylation sites (tertiary alicyclic amines) is 1. The van der Waals surface area contributed by atoms with Gasteiger partial charge in [-0.25, -0.2) is 0 Å². The van der Waals surface area contributed by atoms with Gasteiger partial charge in [0, 0.05) is 36.3 Å². The number of nitrogens with two attached hydrogens (primary N) is 1. The standard InChI is InChI=1S/C11H13N3O3/c1-7-2-3-8(4-10(7)14(16)17)11(15)13-5-9(12)6-13/h2-4,9H,5-6,12H2,1H3. The molecule has 17 heavy (non-hydrogen) atoms. The Hall–Kier alpha value is -1.95. The fourth-order valence-electron chi connectivity index (χ4n) is 1.80. The molecule has 6 nitrogen and oxygen atoms in total. The number of rotatable bonds is 2.